The van der Waals surface area contributed by atoms with Crippen molar-refractivity contribution in [2.45, 2.75) is 19.8 Å². The van der Waals surface area contributed by atoms with Gasteiger partial charge in [0.2, 0.25) is 0 Å². The maximum Gasteiger partial charge on any atom is 0.306 e. The molecule has 1 aromatic heterocycles. The van der Waals surface area contributed by atoms with Gasteiger partial charge in [0.15, 0.2) is 5.78 Å². The predicted octanol–water partition coefficient (Wildman–Crippen LogP) is 2.76. The van der Waals surface area contributed by atoms with E-state index in [4.69, 9.17) is 4.74 Å². The number of rotatable bonds is 5. The summed E-state index contributed by atoms with van der Waals surface area (Å²) in [5.41, 5.74) is 0.558. The van der Waals surface area contributed by atoms with Gasteiger partial charge in [0.25, 0.3) is 0 Å². The van der Waals surface area contributed by atoms with Crippen LogP contribution in [0.3, 0.4) is 0 Å². The third kappa shape index (κ3) is 3.16. The molecule has 2 rings (SSSR count). The first-order valence-electron chi connectivity index (χ1n) is 6.24. The molecule has 1 aromatic carbocycles. The maximum absolute atomic E-state index is 12.1. The molecule has 0 saturated carbocycles. The van der Waals surface area contributed by atoms with E-state index in [1.165, 1.54) is 0 Å². The second kappa shape index (κ2) is 6.09. The Labute approximate surface area is 111 Å². The molecule has 0 aliphatic rings. The maximum atomic E-state index is 12.1. The number of ketones is 1. The average Bonchev–Trinajstić information content (AvgIpc) is 2.44. The van der Waals surface area contributed by atoms with Gasteiger partial charge in [-0.1, -0.05) is 24.3 Å². The SMILES string of the molecule is CCOC(=O)CCC(=O)c1cncc2ccccc12. The second-order valence-electron chi connectivity index (χ2n) is 4.14. The number of nitrogens with zero attached hydrogens (tertiary/aromatic N) is 1. The average molecular weight is 257 g/mol. The number of Topliss-reactive ketones (excluding diaryl/α,β-unsaturated/α-hetero) is 1. The van der Waals surface area contributed by atoms with Crippen molar-refractivity contribution in [2.24, 2.45) is 0 Å². The molecule has 0 saturated heterocycles. The smallest absolute Gasteiger partial charge is 0.306 e. The third-order valence-electron chi connectivity index (χ3n) is 2.83. The Morgan fingerprint density at radius 1 is 1.16 bits per heavy atom. The Balaban J connectivity index is 2.15. The zero-order valence-corrected chi connectivity index (χ0v) is 10.8. The number of carbonyl (C=O) groups excluding carboxylic acids is 2. The molecule has 1 heterocycles. The van der Waals surface area contributed by atoms with Crippen LogP contribution in [-0.4, -0.2) is 23.3 Å². The standard InChI is InChI=1S/C15H15NO3/c1-2-19-15(18)8-7-14(17)13-10-16-9-11-5-3-4-6-12(11)13/h3-6,9-10H,2,7-8H2,1H3. The summed E-state index contributed by atoms with van der Waals surface area (Å²) < 4.78 is 4.81. The van der Waals surface area contributed by atoms with Gasteiger partial charge in [-0.15, -0.1) is 0 Å². The number of pyridine rings is 1. The van der Waals surface area contributed by atoms with E-state index in [0.717, 1.165) is 10.8 Å². The number of ether oxygens (including phenoxy) is 1. The molecular formula is C15H15NO3. The zero-order chi connectivity index (χ0) is 13.7. The van der Waals surface area contributed by atoms with Crippen LogP contribution in [0.4, 0.5) is 0 Å². The van der Waals surface area contributed by atoms with Gasteiger partial charge in [-0.2, -0.15) is 0 Å². The van der Waals surface area contributed by atoms with Crippen molar-refractivity contribution < 1.29 is 14.3 Å². The summed E-state index contributed by atoms with van der Waals surface area (Å²) in [5.74, 6) is -0.429. The van der Waals surface area contributed by atoms with Crippen molar-refractivity contribution >= 4 is 22.5 Å². The first-order valence-corrected chi connectivity index (χ1v) is 6.24. The van der Waals surface area contributed by atoms with Gasteiger partial charge in [0.05, 0.1) is 13.0 Å². The van der Waals surface area contributed by atoms with Gasteiger partial charge in [-0.3, -0.25) is 14.6 Å². The van der Waals surface area contributed by atoms with Crippen LogP contribution in [0.1, 0.15) is 30.1 Å². The molecule has 0 aliphatic heterocycles. The first kappa shape index (κ1) is 13.2. The van der Waals surface area contributed by atoms with Crippen molar-refractivity contribution in [3.63, 3.8) is 0 Å². The summed E-state index contributed by atoms with van der Waals surface area (Å²) in [4.78, 5) is 27.4. The summed E-state index contributed by atoms with van der Waals surface area (Å²) in [5, 5.41) is 1.79. The largest absolute Gasteiger partial charge is 0.466 e. The molecule has 19 heavy (non-hydrogen) atoms. The highest BCUT2D eigenvalue weighted by Crippen LogP contribution is 2.18. The van der Waals surface area contributed by atoms with E-state index in [-0.39, 0.29) is 24.6 Å². The van der Waals surface area contributed by atoms with E-state index >= 15 is 0 Å². The van der Waals surface area contributed by atoms with Crippen LogP contribution in [0.5, 0.6) is 0 Å². The van der Waals surface area contributed by atoms with Crippen molar-refractivity contribution in [2.75, 3.05) is 6.61 Å². The van der Waals surface area contributed by atoms with Gasteiger partial charge in [-0.05, 0) is 12.3 Å². The monoisotopic (exact) mass is 257 g/mol. The highest BCUT2D eigenvalue weighted by Gasteiger charge is 2.12. The summed E-state index contributed by atoms with van der Waals surface area (Å²) in [6.45, 7) is 2.08. The molecular weight excluding hydrogens is 242 g/mol. The zero-order valence-electron chi connectivity index (χ0n) is 10.8. The number of hydrogen-bond acceptors (Lipinski definition) is 4. The van der Waals surface area contributed by atoms with Crippen LogP contribution in [0.2, 0.25) is 0 Å². The highest BCUT2D eigenvalue weighted by atomic mass is 16.5. The first-order chi connectivity index (χ1) is 9.22. The summed E-state index contributed by atoms with van der Waals surface area (Å²) in [7, 11) is 0. The molecule has 98 valence electrons. The molecule has 4 nitrogen and oxygen atoms in total. The van der Waals surface area contributed by atoms with Gasteiger partial charge >= 0.3 is 5.97 Å². The van der Waals surface area contributed by atoms with Gasteiger partial charge in [0, 0.05) is 29.8 Å². The minimum atomic E-state index is -0.343. The molecule has 0 bridgehead atoms. The molecule has 0 fully saturated rings. The van der Waals surface area contributed by atoms with Crippen molar-refractivity contribution in [3.8, 4) is 0 Å². The molecule has 0 unspecified atom stereocenters. The Morgan fingerprint density at radius 2 is 1.95 bits per heavy atom. The molecule has 2 aromatic rings. The minimum absolute atomic E-state index is 0.0858. The molecule has 0 radical (unpaired) electrons. The Kier molecular flexibility index (Phi) is 4.23. The number of esters is 1. The summed E-state index contributed by atoms with van der Waals surface area (Å²) in [6.07, 6.45) is 3.53. The van der Waals surface area contributed by atoms with E-state index in [1.807, 2.05) is 24.3 Å². The lowest BCUT2D eigenvalue weighted by atomic mass is 10.0. The van der Waals surface area contributed by atoms with Crippen molar-refractivity contribution in [1.29, 1.82) is 0 Å². The fourth-order valence-electron chi connectivity index (χ4n) is 1.92. The van der Waals surface area contributed by atoms with Gasteiger partial charge in [-0.25, -0.2) is 0 Å². The third-order valence-corrected chi connectivity index (χ3v) is 2.83. The molecule has 0 aliphatic carbocycles. The highest BCUT2D eigenvalue weighted by molar-refractivity contribution is 6.08. The number of benzene rings is 1. The Hall–Kier alpha value is -2.23. The fourth-order valence-corrected chi connectivity index (χ4v) is 1.92. The van der Waals surface area contributed by atoms with Crippen LogP contribution in [0, 0.1) is 0 Å². The predicted molar refractivity (Wildman–Crippen MR) is 71.9 cm³/mol. The number of fused-ring (bicyclic) bond motifs is 1. The van der Waals surface area contributed by atoms with E-state index in [2.05, 4.69) is 4.98 Å². The lowest BCUT2D eigenvalue weighted by molar-refractivity contribution is -0.143. The van der Waals surface area contributed by atoms with Crippen LogP contribution < -0.4 is 0 Å². The molecule has 0 atom stereocenters. The Morgan fingerprint density at radius 3 is 2.74 bits per heavy atom. The topological polar surface area (TPSA) is 56.3 Å². The van der Waals surface area contributed by atoms with Crippen LogP contribution >= 0.6 is 0 Å². The van der Waals surface area contributed by atoms with E-state index in [1.54, 1.807) is 19.3 Å². The van der Waals surface area contributed by atoms with Gasteiger partial charge in [0.1, 0.15) is 0 Å². The number of hydrogen-bond donors (Lipinski definition) is 0. The molecule has 4 heteroatoms. The molecule has 0 spiro atoms. The quantitative estimate of drug-likeness (QED) is 0.610. The fraction of sp³-hybridized carbons (Fsp3) is 0.267. The second-order valence-corrected chi connectivity index (χ2v) is 4.14. The van der Waals surface area contributed by atoms with Crippen molar-refractivity contribution in [1.82, 2.24) is 4.98 Å². The lowest BCUT2D eigenvalue weighted by Crippen LogP contribution is -2.08. The minimum Gasteiger partial charge on any atom is -0.466 e. The van der Waals surface area contributed by atoms with Crippen molar-refractivity contribution in [3.05, 3.63) is 42.2 Å². The van der Waals surface area contributed by atoms with E-state index in [0.29, 0.717) is 12.2 Å². The lowest BCUT2D eigenvalue weighted by Gasteiger charge is -2.05. The van der Waals surface area contributed by atoms with E-state index < -0.39 is 0 Å². The van der Waals surface area contributed by atoms with Crippen LogP contribution in [-0.2, 0) is 9.53 Å². The van der Waals surface area contributed by atoms with Crippen LogP contribution in [0.15, 0.2) is 36.7 Å². The normalized spacial score (nSPS) is 10.4. The van der Waals surface area contributed by atoms with E-state index in [9.17, 15) is 9.59 Å². The summed E-state index contributed by atoms with van der Waals surface area (Å²) in [6, 6.07) is 7.57. The van der Waals surface area contributed by atoms with Crippen LogP contribution in [0.25, 0.3) is 10.8 Å². The Bertz CT molecular complexity index is 602. The number of aromatic nitrogens is 1. The molecule has 0 N–H and O–H groups in total. The molecule has 0 amide bonds. The number of carbonyl (C=O) groups is 2. The summed E-state index contributed by atoms with van der Waals surface area (Å²) >= 11 is 0. The van der Waals surface area contributed by atoms with Gasteiger partial charge < -0.3 is 4.74 Å².